The van der Waals surface area contributed by atoms with E-state index < -0.39 is 11.8 Å². The van der Waals surface area contributed by atoms with E-state index in [1.165, 1.54) is 11.3 Å². The minimum absolute atomic E-state index is 0.214. The average molecular weight is 316 g/mol. The Labute approximate surface area is 127 Å². The van der Waals surface area contributed by atoms with E-state index in [4.69, 9.17) is 11.6 Å². The maximum atomic E-state index is 12.1. The van der Waals surface area contributed by atoms with Gasteiger partial charge in [0.2, 0.25) is 0 Å². The van der Waals surface area contributed by atoms with Crippen LogP contribution in [0, 0.1) is 0 Å². The summed E-state index contributed by atoms with van der Waals surface area (Å²) in [6.07, 6.45) is 0.870. The van der Waals surface area contributed by atoms with E-state index in [0.717, 1.165) is 24.4 Å². The third kappa shape index (κ3) is 3.94. The van der Waals surface area contributed by atoms with Gasteiger partial charge in [-0.3, -0.25) is 9.59 Å². The Bertz CT molecular complexity index is 484. The van der Waals surface area contributed by atoms with Crippen molar-refractivity contribution in [2.24, 2.45) is 0 Å². The molecule has 0 aliphatic carbocycles. The number of carbonyl (C=O) groups excluding carboxylic acids is 2. The molecule has 2 rings (SSSR count). The molecular weight excluding hydrogens is 298 g/mol. The molecule has 5 nitrogen and oxygen atoms in total. The summed E-state index contributed by atoms with van der Waals surface area (Å²) >= 11 is 7.27. The summed E-state index contributed by atoms with van der Waals surface area (Å²) in [5.74, 6) is -1.01. The molecule has 110 valence electrons. The van der Waals surface area contributed by atoms with Gasteiger partial charge in [0.05, 0.1) is 10.4 Å². The van der Waals surface area contributed by atoms with Gasteiger partial charge in [0, 0.05) is 24.5 Å². The zero-order valence-electron chi connectivity index (χ0n) is 11.3. The predicted octanol–water partition coefficient (Wildman–Crippen LogP) is 1.40. The quantitative estimate of drug-likeness (QED) is 0.811. The number of nitrogens with zero attached hydrogens (tertiary/aromatic N) is 1. The molecule has 2 N–H and O–H groups in total. The van der Waals surface area contributed by atoms with E-state index in [9.17, 15) is 9.59 Å². The van der Waals surface area contributed by atoms with Gasteiger partial charge in [-0.1, -0.05) is 11.6 Å². The smallest absolute Gasteiger partial charge is 0.311 e. The highest BCUT2D eigenvalue weighted by atomic mass is 35.5. The van der Waals surface area contributed by atoms with Gasteiger partial charge in [0.25, 0.3) is 0 Å². The van der Waals surface area contributed by atoms with E-state index in [1.54, 1.807) is 11.0 Å². The van der Waals surface area contributed by atoms with Crippen molar-refractivity contribution in [3.05, 3.63) is 21.3 Å². The Hall–Kier alpha value is -1.11. The van der Waals surface area contributed by atoms with Crippen LogP contribution in [0.1, 0.15) is 24.3 Å². The van der Waals surface area contributed by atoms with Crippen molar-refractivity contribution >= 4 is 34.8 Å². The summed E-state index contributed by atoms with van der Waals surface area (Å²) in [5, 5.41) is 5.93. The van der Waals surface area contributed by atoms with Gasteiger partial charge < -0.3 is 15.5 Å². The van der Waals surface area contributed by atoms with Crippen LogP contribution in [0.2, 0.25) is 4.34 Å². The van der Waals surface area contributed by atoms with E-state index in [1.807, 2.05) is 13.0 Å². The number of hydrogen-bond donors (Lipinski definition) is 2. The van der Waals surface area contributed by atoms with Crippen molar-refractivity contribution in [3.8, 4) is 0 Å². The van der Waals surface area contributed by atoms with Gasteiger partial charge in [-0.2, -0.15) is 0 Å². The highest BCUT2D eigenvalue weighted by molar-refractivity contribution is 7.16. The van der Waals surface area contributed by atoms with Crippen LogP contribution >= 0.6 is 22.9 Å². The molecule has 0 radical (unpaired) electrons. The fourth-order valence-corrected chi connectivity index (χ4v) is 3.15. The van der Waals surface area contributed by atoms with Crippen molar-refractivity contribution in [1.82, 2.24) is 15.5 Å². The molecule has 2 amide bonds. The summed E-state index contributed by atoms with van der Waals surface area (Å²) in [4.78, 5) is 26.6. The number of halogens is 1. The Morgan fingerprint density at radius 1 is 1.40 bits per heavy atom. The summed E-state index contributed by atoms with van der Waals surface area (Å²) in [7, 11) is 0. The SMILES string of the molecule is CC(NC(=O)C(=O)N1CCCNCC1)c1ccc(Cl)s1. The summed E-state index contributed by atoms with van der Waals surface area (Å²) in [5.41, 5.74) is 0. The number of rotatable bonds is 2. The molecule has 1 aliphatic heterocycles. The molecular formula is C13H18ClN3O2S. The zero-order valence-corrected chi connectivity index (χ0v) is 12.9. The van der Waals surface area contributed by atoms with Crippen LogP contribution in [0.3, 0.4) is 0 Å². The fraction of sp³-hybridized carbons (Fsp3) is 0.538. The van der Waals surface area contributed by atoms with Crippen LogP contribution < -0.4 is 10.6 Å². The highest BCUT2D eigenvalue weighted by Gasteiger charge is 2.24. The number of hydrogen-bond acceptors (Lipinski definition) is 4. The first kappa shape index (κ1) is 15.3. The molecule has 1 fully saturated rings. The maximum absolute atomic E-state index is 12.1. The Kier molecular flexibility index (Phi) is 5.39. The Balaban J connectivity index is 1.91. The molecule has 0 saturated carbocycles. The molecule has 0 spiro atoms. The molecule has 1 aliphatic rings. The van der Waals surface area contributed by atoms with Crippen LogP contribution in [-0.2, 0) is 9.59 Å². The van der Waals surface area contributed by atoms with Gasteiger partial charge >= 0.3 is 11.8 Å². The molecule has 1 aromatic heterocycles. The second-order valence-electron chi connectivity index (χ2n) is 4.73. The number of nitrogens with one attached hydrogen (secondary N) is 2. The standard InChI is InChI=1S/C13H18ClN3O2S/c1-9(10-3-4-11(14)20-10)16-12(18)13(19)17-7-2-5-15-6-8-17/h3-4,9,15H,2,5-8H2,1H3,(H,16,18). The number of thiophene rings is 1. The van der Waals surface area contributed by atoms with Crippen LogP contribution in [-0.4, -0.2) is 42.9 Å². The molecule has 2 heterocycles. The lowest BCUT2D eigenvalue weighted by Crippen LogP contribution is -2.44. The normalized spacial score (nSPS) is 17.4. The molecule has 1 saturated heterocycles. The van der Waals surface area contributed by atoms with Gasteiger partial charge in [0.1, 0.15) is 0 Å². The van der Waals surface area contributed by atoms with Crippen LogP contribution in [0.5, 0.6) is 0 Å². The van der Waals surface area contributed by atoms with Crippen molar-refractivity contribution in [3.63, 3.8) is 0 Å². The Morgan fingerprint density at radius 2 is 2.20 bits per heavy atom. The average Bonchev–Trinajstić information content (AvgIpc) is 2.70. The first-order valence-electron chi connectivity index (χ1n) is 6.63. The van der Waals surface area contributed by atoms with Gasteiger partial charge in [-0.15, -0.1) is 11.3 Å². The first-order valence-corrected chi connectivity index (χ1v) is 7.83. The molecule has 0 bridgehead atoms. The van der Waals surface area contributed by atoms with Gasteiger partial charge in [0.15, 0.2) is 0 Å². The van der Waals surface area contributed by atoms with Crippen LogP contribution in [0.4, 0.5) is 0 Å². The fourth-order valence-electron chi connectivity index (χ4n) is 2.08. The minimum Gasteiger partial charge on any atom is -0.340 e. The second kappa shape index (κ2) is 7.06. The zero-order chi connectivity index (χ0) is 14.5. The van der Waals surface area contributed by atoms with Gasteiger partial charge in [-0.05, 0) is 32.0 Å². The molecule has 1 aromatic rings. The van der Waals surface area contributed by atoms with Crippen LogP contribution in [0.25, 0.3) is 0 Å². The van der Waals surface area contributed by atoms with E-state index >= 15 is 0 Å². The maximum Gasteiger partial charge on any atom is 0.311 e. The lowest BCUT2D eigenvalue weighted by molar-refractivity contribution is -0.146. The van der Waals surface area contributed by atoms with Crippen molar-refractivity contribution in [2.45, 2.75) is 19.4 Å². The topological polar surface area (TPSA) is 61.4 Å². The molecule has 20 heavy (non-hydrogen) atoms. The first-order chi connectivity index (χ1) is 9.58. The third-order valence-corrected chi connectivity index (χ3v) is 4.60. The lowest BCUT2D eigenvalue weighted by atomic mass is 10.2. The molecule has 7 heteroatoms. The third-order valence-electron chi connectivity index (χ3n) is 3.19. The monoisotopic (exact) mass is 315 g/mol. The van der Waals surface area contributed by atoms with Crippen LogP contribution in [0.15, 0.2) is 12.1 Å². The summed E-state index contributed by atoms with van der Waals surface area (Å²) in [6.45, 7) is 4.66. The highest BCUT2D eigenvalue weighted by Crippen LogP contribution is 2.26. The number of amides is 2. The number of carbonyl (C=O) groups is 2. The Morgan fingerprint density at radius 3 is 2.90 bits per heavy atom. The van der Waals surface area contributed by atoms with Crippen molar-refractivity contribution in [1.29, 1.82) is 0 Å². The molecule has 1 unspecified atom stereocenters. The predicted molar refractivity (Wildman–Crippen MR) is 80.0 cm³/mol. The summed E-state index contributed by atoms with van der Waals surface area (Å²) < 4.78 is 0.672. The summed E-state index contributed by atoms with van der Waals surface area (Å²) in [6, 6.07) is 3.43. The minimum atomic E-state index is -0.552. The molecule has 1 atom stereocenters. The van der Waals surface area contributed by atoms with E-state index in [0.29, 0.717) is 17.4 Å². The largest absolute Gasteiger partial charge is 0.340 e. The van der Waals surface area contributed by atoms with Gasteiger partial charge in [-0.25, -0.2) is 0 Å². The van der Waals surface area contributed by atoms with E-state index in [-0.39, 0.29) is 6.04 Å². The second-order valence-corrected chi connectivity index (χ2v) is 6.48. The van der Waals surface area contributed by atoms with Crippen molar-refractivity contribution < 1.29 is 9.59 Å². The van der Waals surface area contributed by atoms with E-state index in [2.05, 4.69) is 10.6 Å². The molecule has 0 aromatic carbocycles. The van der Waals surface area contributed by atoms with Crippen molar-refractivity contribution in [2.75, 3.05) is 26.2 Å². The lowest BCUT2D eigenvalue weighted by Gasteiger charge is -2.20.